The van der Waals surface area contributed by atoms with Gasteiger partial charge < -0.3 is 0 Å². The number of anilines is 1. The van der Waals surface area contributed by atoms with E-state index in [0.717, 1.165) is 17.7 Å². The van der Waals surface area contributed by atoms with E-state index in [1.807, 2.05) is 31.2 Å². The zero-order chi connectivity index (χ0) is 13.5. The second-order valence-electron chi connectivity index (χ2n) is 4.49. The van der Waals surface area contributed by atoms with Crippen LogP contribution in [-0.2, 0) is 23.0 Å². The first-order chi connectivity index (χ1) is 9.13. The van der Waals surface area contributed by atoms with Crippen molar-refractivity contribution >= 4 is 15.7 Å². The molecule has 0 amide bonds. The van der Waals surface area contributed by atoms with Gasteiger partial charge in [0.25, 0.3) is 10.0 Å². The molecule has 19 heavy (non-hydrogen) atoms. The number of para-hydroxylation sites is 1. The molecule has 0 N–H and O–H groups in total. The molecule has 6 heteroatoms. The number of aromatic nitrogens is 2. The van der Waals surface area contributed by atoms with Crippen molar-refractivity contribution in [1.82, 2.24) is 9.78 Å². The van der Waals surface area contributed by atoms with E-state index in [9.17, 15) is 8.42 Å². The minimum absolute atomic E-state index is 0.256. The van der Waals surface area contributed by atoms with E-state index >= 15 is 0 Å². The molecule has 1 aromatic heterocycles. The van der Waals surface area contributed by atoms with E-state index in [-0.39, 0.29) is 4.90 Å². The molecule has 3 rings (SSSR count). The Morgan fingerprint density at radius 2 is 2.11 bits per heavy atom. The number of rotatable bonds is 3. The molecule has 0 bridgehead atoms. The lowest BCUT2D eigenvalue weighted by molar-refractivity contribution is 0.591. The molecule has 0 aliphatic carbocycles. The molecule has 2 aromatic rings. The Morgan fingerprint density at radius 1 is 1.32 bits per heavy atom. The molecule has 100 valence electrons. The number of sulfonamides is 1. The summed E-state index contributed by atoms with van der Waals surface area (Å²) in [5.41, 5.74) is 1.86. The molecule has 0 saturated carbocycles. The first-order valence-corrected chi connectivity index (χ1v) is 7.70. The summed E-state index contributed by atoms with van der Waals surface area (Å²) in [6, 6.07) is 7.62. The Morgan fingerprint density at radius 3 is 2.84 bits per heavy atom. The van der Waals surface area contributed by atoms with Crippen LogP contribution in [0.4, 0.5) is 5.69 Å². The van der Waals surface area contributed by atoms with E-state index in [4.69, 9.17) is 0 Å². The van der Waals surface area contributed by atoms with E-state index in [1.54, 1.807) is 10.9 Å². The van der Waals surface area contributed by atoms with E-state index in [2.05, 4.69) is 5.10 Å². The Labute approximate surface area is 112 Å². The van der Waals surface area contributed by atoms with Crippen molar-refractivity contribution in [1.29, 1.82) is 0 Å². The van der Waals surface area contributed by atoms with Gasteiger partial charge in [-0.1, -0.05) is 18.2 Å². The fourth-order valence-corrected chi connectivity index (χ4v) is 3.79. The van der Waals surface area contributed by atoms with E-state index in [0.29, 0.717) is 13.1 Å². The van der Waals surface area contributed by atoms with Gasteiger partial charge >= 0.3 is 0 Å². The Bertz CT molecular complexity index is 706. The third kappa shape index (κ3) is 1.92. The van der Waals surface area contributed by atoms with Crippen molar-refractivity contribution in [2.24, 2.45) is 0 Å². The van der Waals surface area contributed by atoms with Gasteiger partial charge in [0.15, 0.2) is 0 Å². The lowest BCUT2D eigenvalue weighted by Gasteiger charge is -2.18. The first-order valence-electron chi connectivity index (χ1n) is 6.26. The fraction of sp³-hybridized carbons (Fsp3) is 0.308. The van der Waals surface area contributed by atoms with Crippen molar-refractivity contribution in [2.75, 3.05) is 10.8 Å². The fourth-order valence-electron chi connectivity index (χ4n) is 2.34. The minimum Gasteiger partial charge on any atom is -0.272 e. The van der Waals surface area contributed by atoms with Crippen molar-refractivity contribution in [2.45, 2.75) is 24.8 Å². The predicted molar refractivity (Wildman–Crippen MR) is 72.6 cm³/mol. The van der Waals surface area contributed by atoms with Crippen molar-refractivity contribution in [3.63, 3.8) is 0 Å². The third-order valence-electron chi connectivity index (χ3n) is 3.37. The normalized spacial score (nSPS) is 14.7. The van der Waals surface area contributed by atoms with Crippen LogP contribution < -0.4 is 4.31 Å². The summed E-state index contributed by atoms with van der Waals surface area (Å²) in [6.07, 6.45) is 3.76. The largest absolute Gasteiger partial charge is 0.272 e. The zero-order valence-corrected chi connectivity index (χ0v) is 11.5. The van der Waals surface area contributed by atoms with Crippen LogP contribution in [0.1, 0.15) is 12.5 Å². The van der Waals surface area contributed by atoms with Gasteiger partial charge in [-0.05, 0) is 25.0 Å². The molecular formula is C13H15N3O2S. The highest BCUT2D eigenvalue weighted by atomic mass is 32.2. The molecule has 0 unspecified atom stereocenters. The monoisotopic (exact) mass is 277 g/mol. The number of fused-ring (bicyclic) bond motifs is 1. The summed E-state index contributed by atoms with van der Waals surface area (Å²) in [5.74, 6) is 0. The van der Waals surface area contributed by atoms with Gasteiger partial charge in [-0.2, -0.15) is 5.10 Å². The summed E-state index contributed by atoms with van der Waals surface area (Å²) < 4.78 is 28.3. The third-order valence-corrected chi connectivity index (χ3v) is 5.13. The highest BCUT2D eigenvalue weighted by molar-refractivity contribution is 7.92. The lowest BCUT2D eigenvalue weighted by Crippen LogP contribution is -2.28. The minimum atomic E-state index is -3.49. The van der Waals surface area contributed by atoms with Crippen LogP contribution in [0.5, 0.6) is 0 Å². The molecular weight excluding hydrogens is 262 g/mol. The summed E-state index contributed by atoms with van der Waals surface area (Å²) in [4.78, 5) is 0.256. The average molecular weight is 277 g/mol. The van der Waals surface area contributed by atoms with E-state index in [1.165, 1.54) is 10.5 Å². The summed E-state index contributed by atoms with van der Waals surface area (Å²) in [6.45, 7) is 3.08. The second-order valence-corrected chi connectivity index (χ2v) is 6.35. The SMILES string of the molecule is CCn1cc(S(=O)(=O)N2CCc3ccccc32)cn1. The molecule has 1 aliphatic rings. The van der Waals surface area contributed by atoms with Crippen molar-refractivity contribution in [3.8, 4) is 0 Å². The molecule has 2 heterocycles. The Balaban J connectivity index is 2.03. The molecule has 1 aromatic carbocycles. The number of hydrogen-bond donors (Lipinski definition) is 0. The molecule has 0 atom stereocenters. The Hall–Kier alpha value is -1.82. The highest BCUT2D eigenvalue weighted by Crippen LogP contribution is 2.32. The summed E-state index contributed by atoms with van der Waals surface area (Å²) in [7, 11) is -3.49. The van der Waals surface area contributed by atoms with Crippen LogP contribution in [-0.4, -0.2) is 24.7 Å². The van der Waals surface area contributed by atoms with Gasteiger partial charge in [0, 0.05) is 19.3 Å². The predicted octanol–water partition coefficient (Wildman–Crippen LogP) is 1.65. The molecule has 1 aliphatic heterocycles. The van der Waals surface area contributed by atoms with E-state index < -0.39 is 10.0 Å². The smallest absolute Gasteiger partial charge is 0.267 e. The first kappa shape index (κ1) is 12.2. The van der Waals surface area contributed by atoms with Gasteiger partial charge in [0.1, 0.15) is 4.90 Å². The van der Waals surface area contributed by atoms with Gasteiger partial charge in [-0.25, -0.2) is 8.42 Å². The number of hydrogen-bond acceptors (Lipinski definition) is 3. The van der Waals surface area contributed by atoms with Crippen LogP contribution in [0.15, 0.2) is 41.6 Å². The maximum Gasteiger partial charge on any atom is 0.267 e. The lowest BCUT2D eigenvalue weighted by atomic mass is 10.2. The number of nitrogens with zero attached hydrogens (tertiary/aromatic N) is 3. The molecule has 0 radical (unpaired) electrons. The molecule has 0 saturated heterocycles. The standard InChI is InChI=1S/C13H15N3O2S/c1-2-15-10-12(9-14-15)19(17,18)16-8-7-11-5-3-4-6-13(11)16/h3-6,9-10H,2,7-8H2,1H3. The van der Waals surface area contributed by atoms with Gasteiger partial charge in [-0.3, -0.25) is 8.99 Å². The topological polar surface area (TPSA) is 55.2 Å². The van der Waals surface area contributed by atoms with Crippen molar-refractivity contribution < 1.29 is 8.42 Å². The maximum absolute atomic E-state index is 12.6. The maximum atomic E-state index is 12.6. The second kappa shape index (κ2) is 4.38. The van der Waals surface area contributed by atoms with Gasteiger partial charge in [0.05, 0.1) is 11.9 Å². The van der Waals surface area contributed by atoms with Crippen LogP contribution in [0, 0.1) is 0 Å². The summed E-state index contributed by atoms with van der Waals surface area (Å²) >= 11 is 0. The van der Waals surface area contributed by atoms with Gasteiger partial charge in [0.2, 0.25) is 0 Å². The van der Waals surface area contributed by atoms with Crippen LogP contribution in [0.3, 0.4) is 0 Å². The van der Waals surface area contributed by atoms with Crippen LogP contribution in [0.2, 0.25) is 0 Å². The van der Waals surface area contributed by atoms with Crippen molar-refractivity contribution in [3.05, 3.63) is 42.2 Å². The molecule has 0 spiro atoms. The van der Waals surface area contributed by atoms with Crippen LogP contribution >= 0.6 is 0 Å². The summed E-state index contributed by atoms with van der Waals surface area (Å²) in [5, 5.41) is 4.04. The number of aryl methyl sites for hydroxylation is 1. The van der Waals surface area contributed by atoms with Gasteiger partial charge in [-0.15, -0.1) is 0 Å². The molecule has 0 fully saturated rings. The number of benzene rings is 1. The molecule has 5 nitrogen and oxygen atoms in total. The quantitative estimate of drug-likeness (QED) is 0.857. The Kier molecular flexibility index (Phi) is 2.82. The van der Waals surface area contributed by atoms with Crippen LogP contribution in [0.25, 0.3) is 0 Å². The average Bonchev–Trinajstić information content (AvgIpc) is 3.06. The zero-order valence-electron chi connectivity index (χ0n) is 10.7. The highest BCUT2D eigenvalue weighted by Gasteiger charge is 2.31.